The number of thiophene rings is 1. The van der Waals surface area contributed by atoms with Crippen molar-refractivity contribution in [2.24, 2.45) is 0 Å². The Kier molecular flexibility index (Phi) is 3.90. The summed E-state index contributed by atoms with van der Waals surface area (Å²) < 4.78 is 12.6. The average molecular weight is 379 g/mol. The molecule has 0 radical (unpaired) electrons. The molecule has 7 nitrogen and oxygen atoms in total. The number of anilines is 1. The zero-order chi connectivity index (χ0) is 18.2. The number of rotatable bonds is 5. The first-order valence-electron chi connectivity index (χ1n) is 8.64. The van der Waals surface area contributed by atoms with E-state index in [0.717, 1.165) is 40.5 Å². The van der Waals surface area contributed by atoms with Crippen molar-refractivity contribution in [1.29, 1.82) is 0 Å². The van der Waals surface area contributed by atoms with Gasteiger partial charge < -0.3 is 14.8 Å². The van der Waals surface area contributed by atoms with Gasteiger partial charge >= 0.3 is 0 Å². The molecule has 8 heteroatoms. The lowest BCUT2D eigenvalue weighted by atomic mass is 10.1. The van der Waals surface area contributed by atoms with Crippen LogP contribution in [0.2, 0.25) is 0 Å². The second-order valence-corrected chi connectivity index (χ2v) is 7.16. The Balaban J connectivity index is 1.40. The van der Waals surface area contributed by atoms with E-state index < -0.39 is 0 Å². The van der Waals surface area contributed by atoms with Crippen LogP contribution in [-0.2, 0) is 6.42 Å². The van der Waals surface area contributed by atoms with Crippen molar-refractivity contribution in [3.63, 3.8) is 0 Å². The largest absolute Gasteiger partial charge is 0.454 e. The van der Waals surface area contributed by atoms with Gasteiger partial charge in [-0.05, 0) is 42.0 Å². The van der Waals surface area contributed by atoms with E-state index in [1.807, 2.05) is 22.9 Å². The molecule has 0 aliphatic carbocycles. The third-order valence-electron chi connectivity index (χ3n) is 4.48. The number of nitrogens with zero attached hydrogens (tertiary/aromatic N) is 4. The molecule has 0 unspecified atom stereocenters. The van der Waals surface area contributed by atoms with E-state index in [9.17, 15) is 0 Å². The van der Waals surface area contributed by atoms with E-state index in [4.69, 9.17) is 14.5 Å². The summed E-state index contributed by atoms with van der Waals surface area (Å²) in [6.45, 7) is 3.14. The van der Waals surface area contributed by atoms with Crippen molar-refractivity contribution in [3.05, 3.63) is 53.4 Å². The van der Waals surface area contributed by atoms with E-state index in [1.54, 1.807) is 23.9 Å². The summed E-state index contributed by atoms with van der Waals surface area (Å²) in [5, 5.41) is 6.67. The maximum atomic E-state index is 5.45. The maximum Gasteiger partial charge on any atom is 0.238 e. The topological polar surface area (TPSA) is 74.1 Å². The lowest BCUT2D eigenvalue weighted by Crippen LogP contribution is -2.09. The number of hydrogen-bond donors (Lipinski definition) is 1. The van der Waals surface area contributed by atoms with Gasteiger partial charge in [-0.1, -0.05) is 6.07 Å². The van der Waals surface area contributed by atoms with Crippen LogP contribution in [0, 0.1) is 6.92 Å². The van der Waals surface area contributed by atoms with Gasteiger partial charge in [-0.25, -0.2) is 9.97 Å². The zero-order valence-corrected chi connectivity index (χ0v) is 15.5. The maximum absolute atomic E-state index is 5.45. The van der Waals surface area contributed by atoms with Gasteiger partial charge in [-0.2, -0.15) is 4.98 Å². The van der Waals surface area contributed by atoms with Crippen LogP contribution in [0.4, 0.5) is 5.82 Å². The molecule has 5 rings (SSSR count). The van der Waals surface area contributed by atoms with Crippen LogP contribution in [0.5, 0.6) is 11.5 Å². The Morgan fingerprint density at radius 2 is 2.15 bits per heavy atom. The molecule has 0 saturated heterocycles. The lowest BCUT2D eigenvalue weighted by molar-refractivity contribution is 0.174. The van der Waals surface area contributed by atoms with Crippen LogP contribution in [0.25, 0.3) is 16.2 Å². The summed E-state index contributed by atoms with van der Waals surface area (Å²) in [5.41, 5.74) is 2.37. The van der Waals surface area contributed by atoms with Crippen molar-refractivity contribution in [2.75, 3.05) is 18.7 Å². The fraction of sp³-hybridized carbons (Fsp3) is 0.211. The minimum absolute atomic E-state index is 0.296. The van der Waals surface area contributed by atoms with Gasteiger partial charge in [0.1, 0.15) is 17.0 Å². The number of hydrogen-bond acceptors (Lipinski definition) is 7. The van der Waals surface area contributed by atoms with Gasteiger partial charge in [0, 0.05) is 18.9 Å². The quantitative estimate of drug-likeness (QED) is 0.571. The number of ether oxygens (including phenoxy) is 2. The Morgan fingerprint density at radius 3 is 3.04 bits per heavy atom. The molecule has 1 N–H and O–H groups in total. The second-order valence-electron chi connectivity index (χ2n) is 6.31. The molecular formula is C19H17N5O2S. The van der Waals surface area contributed by atoms with Crippen molar-refractivity contribution in [1.82, 2.24) is 19.5 Å². The van der Waals surface area contributed by atoms with Gasteiger partial charge in [0.25, 0.3) is 0 Å². The van der Waals surface area contributed by atoms with E-state index in [1.165, 1.54) is 11.1 Å². The van der Waals surface area contributed by atoms with Crippen LogP contribution in [0.1, 0.15) is 11.1 Å². The first-order valence-corrected chi connectivity index (χ1v) is 9.52. The first-order chi connectivity index (χ1) is 13.3. The van der Waals surface area contributed by atoms with Crippen LogP contribution < -0.4 is 14.8 Å². The van der Waals surface area contributed by atoms with Gasteiger partial charge in [0.2, 0.25) is 12.7 Å². The molecule has 1 aromatic carbocycles. The smallest absolute Gasteiger partial charge is 0.238 e. The van der Waals surface area contributed by atoms with Crippen LogP contribution >= 0.6 is 11.3 Å². The van der Waals surface area contributed by atoms with E-state index in [-0.39, 0.29) is 0 Å². The molecule has 0 amide bonds. The lowest BCUT2D eigenvalue weighted by Gasteiger charge is -2.10. The zero-order valence-electron chi connectivity index (χ0n) is 14.7. The fourth-order valence-electron chi connectivity index (χ4n) is 3.12. The number of aryl methyl sites for hydroxylation is 1. The highest BCUT2D eigenvalue weighted by molar-refractivity contribution is 7.17. The van der Waals surface area contributed by atoms with Gasteiger partial charge in [-0.15, -0.1) is 11.3 Å². The summed E-state index contributed by atoms with van der Waals surface area (Å²) in [4.78, 5) is 14.4. The van der Waals surface area contributed by atoms with Crippen molar-refractivity contribution in [3.8, 4) is 17.4 Å². The van der Waals surface area contributed by atoms with E-state index in [0.29, 0.717) is 12.7 Å². The Bertz CT molecular complexity index is 1110. The van der Waals surface area contributed by atoms with Crippen molar-refractivity contribution in [2.45, 2.75) is 13.3 Å². The highest BCUT2D eigenvalue weighted by atomic mass is 32.1. The normalized spacial score (nSPS) is 12.6. The molecule has 0 spiro atoms. The number of aromatic nitrogens is 4. The molecule has 0 saturated carbocycles. The minimum atomic E-state index is 0.296. The molecular weight excluding hydrogens is 362 g/mol. The summed E-state index contributed by atoms with van der Waals surface area (Å²) in [7, 11) is 0. The number of fused-ring (bicyclic) bond motifs is 2. The molecule has 0 atom stereocenters. The predicted octanol–water partition coefficient (Wildman–Crippen LogP) is 3.57. The second kappa shape index (κ2) is 6.55. The van der Waals surface area contributed by atoms with Crippen LogP contribution in [0.15, 0.2) is 42.3 Å². The summed E-state index contributed by atoms with van der Waals surface area (Å²) in [6.07, 6.45) is 6.13. The van der Waals surface area contributed by atoms with Gasteiger partial charge in [-0.3, -0.25) is 4.57 Å². The standard InChI is InChI=1S/C19H17N5O2S/c1-12-9-27-18-16(12)17(22-19(23-18)24-7-6-20-10-24)21-5-4-13-2-3-14-15(8-13)26-11-25-14/h2-3,6-10H,4-5,11H2,1H3,(H,21,22,23). The highest BCUT2D eigenvalue weighted by Crippen LogP contribution is 2.33. The number of nitrogens with one attached hydrogen (secondary N) is 1. The SMILES string of the molecule is Cc1csc2nc(-n3ccnc3)nc(NCCc3ccc4c(c3)OCO4)c12. The predicted molar refractivity (Wildman–Crippen MR) is 104 cm³/mol. The summed E-state index contributed by atoms with van der Waals surface area (Å²) >= 11 is 1.63. The third kappa shape index (κ3) is 2.97. The third-order valence-corrected chi connectivity index (χ3v) is 5.47. The summed E-state index contributed by atoms with van der Waals surface area (Å²) in [5.74, 6) is 3.09. The molecule has 3 aromatic heterocycles. The molecule has 4 aromatic rings. The molecule has 4 heterocycles. The van der Waals surface area contributed by atoms with Gasteiger partial charge in [0.15, 0.2) is 11.5 Å². The Hall–Kier alpha value is -3.13. The van der Waals surface area contributed by atoms with Crippen LogP contribution in [-0.4, -0.2) is 32.9 Å². The monoisotopic (exact) mass is 379 g/mol. The van der Waals surface area contributed by atoms with Crippen molar-refractivity contribution < 1.29 is 9.47 Å². The first kappa shape index (κ1) is 16.1. The Labute approximate surface area is 159 Å². The minimum Gasteiger partial charge on any atom is -0.454 e. The van der Waals surface area contributed by atoms with E-state index >= 15 is 0 Å². The number of imidazole rings is 1. The molecule has 1 aliphatic heterocycles. The van der Waals surface area contributed by atoms with Crippen LogP contribution in [0.3, 0.4) is 0 Å². The molecule has 0 bridgehead atoms. The highest BCUT2D eigenvalue weighted by Gasteiger charge is 2.15. The van der Waals surface area contributed by atoms with Crippen molar-refractivity contribution >= 4 is 27.4 Å². The molecule has 1 aliphatic rings. The summed E-state index contributed by atoms with van der Waals surface area (Å²) in [6, 6.07) is 6.06. The molecule has 27 heavy (non-hydrogen) atoms. The Morgan fingerprint density at radius 1 is 1.22 bits per heavy atom. The average Bonchev–Trinajstić information content (AvgIpc) is 3.42. The molecule has 136 valence electrons. The number of benzene rings is 1. The molecule has 0 fully saturated rings. The van der Waals surface area contributed by atoms with Gasteiger partial charge in [0.05, 0.1) is 5.39 Å². The van der Waals surface area contributed by atoms with E-state index in [2.05, 4.69) is 33.7 Å². The fourth-order valence-corrected chi connectivity index (χ4v) is 4.03.